The normalized spacial score (nSPS) is 15.8. The van der Waals surface area contributed by atoms with E-state index in [0.29, 0.717) is 0 Å². The third-order valence-corrected chi connectivity index (χ3v) is 5.34. The monoisotopic (exact) mass is 222 g/mol. The van der Waals surface area contributed by atoms with Gasteiger partial charge in [-0.05, 0) is 25.6 Å². The molecule has 0 saturated heterocycles. The van der Waals surface area contributed by atoms with Gasteiger partial charge in [0, 0.05) is 14.2 Å². The van der Waals surface area contributed by atoms with Crippen molar-refractivity contribution in [2.24, 2.45) is 0 Å². The molecule has 5 heteroatoms. The smallest absolute Gasteiger partial charge is 0.335 e. The fraction of sp³-hybridized carbons (Fsp3) is 0.875. The van der Waals surface area contributed by atoms with Crippen LogP contribution in [0.5, 0.6) is 0 Å². The molecule has 1 unspecified atom stereocenters. The van der Waals surface area contributed by atoms with E-state index in [4.69, 9.17) is 21.1 Å². The Morgan fingerprint density at radius 3 is 2.15 bits per heavy atom. The Labute approximate surface area is 86.9 Å². The lowest BCUT2D eigenvalue weighted by Gasteiger charge is -2.31. The van der Waals surface area contributed by atoms with Gasteiger partial charge in [-0.15, -0.1) is 0 Å². The van der Waals surface area contributed by atoms with Crippen molar-refractivity contribution >= 4 is 26.6 Å². The molecule has 0 aromatic rings. The van der Waals surface area contributed by atoms with E-state index in [1.165, 1.54) is 0 Å². The van der Waals surface area contributed by atoms with Gasteiger partial charge < -0.3 is 14.0 Å². The van der Waals surface area contributed by atoms with Crippen LogP contribution < -0.4 is 0 Å². The highest BCUT2D eigenvalue weighted by Gasteiger charge is 2.41. The predicted molar refractivity (Wildman–Crippen MR) is 59.7 cm³/mol. The van der Waals surface area contributed by atoms with Crippen molar-refractivity contribution in [2.75, 3.05) is 14.2 Å². The van der Waals surface area contributed by atoms with Gasteiger partial charge in [0.15, 0.2) is 5.05 Å². The van der Waals surface area contributed by atoms with Gasteiger partial charge in [-0.1, -0.05) is 13.3 Å². The van der Waals surface area contributed by atoms with Crippen molar-refractivity contribution in [3.63, 3.8) is 0 Å². The first-order valence-electron chi connectivity index (χ1n) is 4.31. The summed E-state index contributed by atoms with van der Waals surface area (Å²) in [6.45, 7) is 3.95. The molecule has 0 aromatic carbocycles. The predicted octanol–water partition coefficient (Wildman–Crippen LogP) is 1.95. The van der Waals surface area contributed by atoms with Crippen LogP contribution in [-0.2, 0) is 8.85 Å². The van der Waals surface area contributed by atoms with Crippen LogP contribution in [0.25, 0.3) is 0 Å². The number of aliphatic hydroxyl groups excluding tert-OH is 1. The molecule has 3 nitrogen and oxygen atoms in total. The molecule has 0 rings (SSSR count). The Morgan fingerprint density at radius 2 is 1.92 bits per heavy atom. The summed E-state index contributed by atoms with van der Waals surface area (Å²) in [4.78, 5) is 0. The Hall–Kier alpha value is 0.0269. The Bertz CT molecular complexity index is 173. The van der Waals surface area contributed by atoms with E-state index in [9.17, 15) is 5.11 Å². The maximum atomic E-state index is 9.44. The van der Waals surface area contributed by atoms with Gasteiger partial charge >= 0.3 is 9.28 Å². The highest BCUT2D eigenvalue weighted by Crippen LogP contribution is 2.36. The van der Waals surface area contributed by atoms with Gasteiger partial charge in [-0.2, -0.15) is 0 Å². The zero-order valence-electron chi connectivity index (χ0n) is 8.66. The summed E-state index contributed by atoms with van der Waals surface area (Å²) in [7, 11) is 1.32. The molecule has 0 bridgehead atoms. The van der Waals surface area contributed by atoms with Crippen LogP contribution in [0, 0.1) is 0 Å². The molecular weight excluding hydrogens is 204 g/mol. The number of thiocarbonyl (C=S) groups is 1. The lowest BCUT2D eigenvalue weighted by molar-refractivity contribution is 0.249. The third-order valence-electron chi connectivity index (χ3n) is 2.21. The van der Waals surface area contributed by atoms with Gasteiger partial charge in [0.1, 0.15) is 0 Å². The largest absolute Gasteiger partial charge is 0.502 e. The molecule has 0 aliphatic heterocycles. The van der Waals surface area contributed by atoms with E-state index in [-0.39, 0.29) is 5.05 Å². The Kier molecular flexibility index (Phi) is 5.71. The summed E-state index contributed by atoms with van der Waals surface area (Å²) in [5, 5.41) is 9.00. The van der Waals surface area contributed by atoms with Crippen LogP contribution in [-0.4, -0.2) is 33.7 Å². The summed E-state index contributed by atoms with van der Waals surface area (Å²) < 4.78 is 10.5. The van der Waals surface area contributed by atoms with E-state index < -0.39 is 14.3 Å². The lowest BCUT2D eigenvalue weighted by Crippen LogP contribution is -2.39. The molecule has 0 amide bonds. The van der Waals surface area contributed by atoms with Crippen LogP contribution in [0.4, 0.5) is 0 Å². The minimum absolute atomic E-state index is 0.00900. The summed E-state index contributed by atoms with van der Waals surface area (Å²) in [6, 6.07) is 0. The molecule has 0 aliphatic carbocycles. The summed E-state index contributed by atoms with van der Waals surface area (Å²) in [6.07, 6.45) is 1.76. The molecule has 78 valence electrons. The molecule has 0 fully saturated rings. The van der Waals surface area contributed by atoms with E-state index in [0.717, 1.165) is 12.8 Å². The number of hydrogen-bond donors (Lipinski definition) is 1. The summed E-state index contributed by atoms with van der Waals surface area (Å²) in [5.41, 5.74) is 0. The summed E-state index contributed by atoms with van der Waals surface area (Å²) >= 11 is 4.83. The first-order valence-corrected chi connectivity index (χ1v) is 6.24. The molecular formula is C8H18O3SSi. The van der Waals surface area contributed by atoms with Crippen molar-refractivity contribution < 1.29 is 14.0 Å². The van der Waals surface area contributed by atoms with Gasteiger partial charge in [0.2, 0.25) is 0 Å². The Balaban J connectivity index is 4.64. The average Bonchev–Trinajstić information content (AvgIpc) is 2.06. The second-order valence-corrected chi connectivity index (χ2v) is 6.54. The third kappa shape index (κ3) is 3.01. The SMILES string of the molecule is CCCC(C)(C(O)=S)[SiH](OC)OC. The standard InChI is InChI=1S/C8H18O3SSi/c1-5-6-8(2,7(9)12)13(10-3)11-4/h13H,5-6H2,1-4H3,(H,9,12). The molecule has 0 aromatic heterocycles. The van der Waals surface area contributed by atoms with E-state index >= 15 is 0 Å². The maximum absolute atomic E-state index is 9.44. The van der Waals surface area contributed by atoms with Gasteiger partial charge in [-0.25, -0.2) is 0 Å². The second-order valence-electron chi connectivity index (χ2n) is 3.28. The van der Waals surface area contributed by atoms with Crippen LogP contribution in [0.1, 0.15) is 26.7 Å². The average molecular weight is 222 g/mol. The van der Waals surface area contributed by atoms with Gasteiger partial charge in [0.25, 0.3) is 0 Å². The lowest BCUT2D eigenvalue weighted by atomic mass is 10.1. The van der Waals surface area contributed by atoms with Crippen molar-refractivity contribution in [3.05, 3.63) is 0 Å². The first-order chi connectivity index (χ1) is 6.02. The van der Waals surface area contributed by atoms with Crippen LogP contribution >= 0.6 is 12.2 Å². The van der Waals surface area contributed by atoms with Crippen LogP contribution in [0.2, 0.25) is 5.04 Å². The fourth-order valence-electron chi connectivity index (χ4n) is 1.46. The summed E-state index contributed by atoms with van der Waals surface area (Å²) in [5.74, 6) is 0. The fourth-order valence-corrected chi connectivity index (χ4v) is 3.81. The molecule has 0 aliphatic rings. The molecule has 1 N–H and O–H groups in total. The number of hydrogen-bond acceptors (Lipinski definition) is 3. The minimum atomic E-state index is -1.89. The van der Waals surface area contributed by atoms with E-state index in [1.807, 2.05) is 13.8 Å². The van der Waals surface area contributed by atoms with E-state index in [2.05, 4.69) is 0 Å². The second kappa shape index (κ2) is 5.69. The van der Waals surface area contributed by atoms with Crippen molar-refractivity contribution in [3.8, 4) is 0 Å². The van der Waals surface area contributed by atoms with Crippen molar-refractivity contribution in [1.29, 1.82) is 0 Å². The topological polar surface area (TPSA) is 38.7 Å². The number of aliphatic hydroxyl groups is 1. The van der Waals surface area contributed by atoms with Crippen molar-refractivity contribution in [1.82, 2.24) is 0 Å². The molecule has 1 atom stereocenters. The van der Waals surface area contributed by atoms with Crippen molar-refractivity contribution in [2.45, 2.75) is 31.7 Å². The zero-order chi connectivity index (χ0) is 10.5. The zero-order valence-corrected chi connectivity index (χ0v) is 10.6. The molecule has 0 spiro atoms. The minimum Gasteiger partial charge on any atom is -0.502 e. The molecule has 0 radical (unpaired) electrons. The highest BCUT2D eigenvalue weighted by atomic mass is 32.1. The highest BCUT2D eigenvalue weighted by molar-refractivity contribution is 7.80. The molecule has 13 heavy (non-hydrogen) atoms. The Morgan fingerprint density at radius 1 is 1.46 bits per heavy atom. The van der Waals surface area contributed by atoms with Crippen LogP contribution in [0.3, 0.4) is 0 Å². The molecule has 0 heterocycles. The maximum Gasteiger partial charge on any atom is 0.335 e. The first kappa shape index (κ1) is 13.0. The number of rotatable bonds is 6. The quantitative estimate of drug-likeness (QED) is 0.551. The molecule has 0 saturated carbocycles. The van der Waals surface area contributed by atoms with Gasteiger partial charge in [0.05, 0.1) is 5.04 Å². The van der Waals surface area contributed by atoms with E-state index in [1.54, 1.807) is 14.2 Å². The van der Waals surface area contributed by atoms with Gasteiger partial charge in [-0.3, -0.25) is 0 Å². The van der Waals surface area contributed by atoms with Crippen LogP contribution in [0.15, 0.2) is 0 Å².